The Bertz CT molecular complexity index is 1180. The van der Waals surface area contributed by atoms with Crippen LogP contribution in [0.15, 0.2) is 60.0 Å². The molecule has 0 saturated carbocycles. The molecule has 0 aliphatic rings. The average Bonchev–Trinajstić information content (AvgIpc) is 3.40. The summed E-state index contributed by atoms with van der Waals surface area (Å²) < 4.78 is 20.0. The summed E-state index contributed by atoms with van der Waals surface area (Å²) in [5, 5.41) is 9.91. The molecule has 0 aliphatic carbocycles. The van der Waals surface area contributed by atoms with Gasteiger partial charge in [0.1, 0.15) is 17.4 Å². The molecule has 0 fully saturated rings. The number of thiazole rings is 1. The molecule has 8 heteroatoms. The summed E-state index contributed by atoms with van der Waals surface area (Å²) in [6.07, 6.45) is 0.962. The van der Waals surface area contributed by atoms with Gasteiger partial charge in [-0.1, -0.05) is 12.1 Å². The van der Waals surface area contributed by atoms with Gasteiger partial charge >= 0.3 is 0 Å². The quantitative estimate of drug-likeness (QED) is 0.442. The summed E-state index contributed by atoms with van der Waals surface area (Å²) in [6.45, 7) is 1.86. The van der Waals surface area contributed by atoms with Crippen LogP contribution in [0.2, 0.25) is 0 Å². The van der Waals surface area contributed by atoms with Crippen LogP contribution in [0, 0.1) is 12.7 Å². The van der Waals surface area contributed by atoms with Gasteiger partial charge in [-0.05, 0) is 55.3 Å². The molecule has 0 unspecified atom stereocenters. The fourth-order valence-corrected chi connectivity index (χ4v) is 3.90. The first kappa shape index (κ1) is 20.7. The Morgan fingerprint density at radius 1 is 1.16 bits per heavy atom. The van der Waals surface area contributed by atoms with E-state index in [2.05, 4.69) is 15.4 Å². The number of nitrogens with one attached hydrogen (secondary N) is 1. The van der Waals surface area contributed by atoms with Gasteiger partial charge in [0.15, 0.2) is 0 Å². The molecule has 2 aromatic carbocycles. The van der Waals surface area contributed by atoms with E-state index in [4.69, 9.17) is 4.74 Å². The zero-order valence-corrected chi connectivity index (χ0v) is 17.9. The highest BCUT2D eigenvalue weighted by atomic mass is 32.1. The number of aromatic nitrogens is 3. The van der Waals surface area contributed by atoms with Crippen molar-refractivity contribution in [3.8, 4) is 22.1 Å². The van der Waals surface area contributed by atoms with Crippen molar-refractivity contribution in [2.75, 3.05) is 12.4 Å². The smallest absolute Gasteiger partial charge is 0.225 e. The predicted molar refractivity (Wildman–Crippen MR) is 119 cm³/mol. The standard InChI is InChI=1S/C23H21FN4O2S/c1-15-13-21(26-22(29)12-5-16-3-10-19(30-2)11-4-16)28(27-15)23-25-20(14-31-23)17-6-8-18(24)9-7-17/h3-4,6-11,13-14H,5,12H2,1-2H3,(H,26,29). The number of amides is 1. The number of aryl methyl sites for hydroxylation is 2. The van der Waals surface area contributed by atoms with Crippen LogP contribution in [0.3, 0.4) is 0 Å². The van der Waals surface area contributed by atoms with E-state index in [1.165, 1.54) is 23.5 Å². The van der Waals surface area contributed by atoms with E-state index in [-0.39, 0.29) is 11.7 Å². The molecular weight excluding hydrogens is 415 g/mol. The monoisotopic (exact) mass is 436 g/mol. The highest BCUT2D eigenvalue weighted by Gasteiger charge is 2.14. The Balaban J connectivity index is 1.45. The van der Waals surface area contributed by atoms with Gasteiger partial charge in [-0.15, -0.1) is 11.3 Å². The van der Waals surface area contributed by atoms with Crippen molar-refractivity contribution >= 4 is 23.1 Å². The van der Waals surface area contributed by atoms with Gasteiger partial charge in [-0.2, -0.15) is 9.78 Å². The maximum Gasteiger partial charge on any atom is 0.225 e. The highest BCUT2D eigenvalue weighted by Crippen LogP contribution is 2.26. The minimum Gasteiger partial charge on any atom is -0.497 e. The summed E-state index contributed by atoms with van der Waals surface area (Å²) >= 11 is 1.40. The van der Waals surface area contributed by atoms with E-state index in [0.29, 0.717) is 23.8 Å². The van der Waals surface area contributed by atoms with Gasteiger partial charge in [0, 0.05) is 23.4 Å². The lowest BCUT2D eigenvalue weighted by molar-refractivity contribution is -0.116. The fraction of sp³-hybridized carbons (Fsp3) is 0.174. The Hall–Kier alpha value is -3.52. The third kappa shape index (κ3) is 4.97. The molecule has 4 aromatic rings. The molecule has 6 nitrogen and oxygen atoms in total. The van der Waals surface area contributed by atoms with E-state index in [1.807, 2.05) is 42.6 Å². The molecule has 0 bridgehead atoms. The molecule has 1 N–H and O–H groups in total. The van der Waals surface area contributed by atoms with Crippen LogP contribution < -0.4 is 10.1 Å². The zero-order chi connectivity index (χ0) is 21.8. The van der Waals surface area contributed by atoms with Crippen LogP contribution in [-0.2, 0) is 11.2 Å². The van der Waals surface area contributed by atoms with Crippen LogP contribution in [0.4, 0.5) is 10.2 Å². The van der Waals surface area contributed by atoms with Crippen LogP contribution in [-0.4, -0.2) is 27.8 Å². The van der Waals surface area contributed by atoms with Crippen molar-refractivity contribution in [2.45, 2.75) is 19.8 Å². The first-order valence-electron chi connectivity index (χ1n) is 9.73. The first-order valence-corrected chi connectivity index (χ1v) is 10.6. The zero-order valence-electron chi connectivity index (χ0n) is 17.1. The van der Waals surface area contributed by atoms with Gasteiger partial charge in [0.25, 0.3) is 0 Å². The number of nitrogens with zero attached hydrogens (tertiary/aromatic N) is 3. The Morgan fingerprint density at radius 3 is 2.61 bits per heavy atom. The number of benzene rings is 2. The normalized spacial score (nSPS) is 10.8. The van der Waals surface area contributed by atoms with Crippen molar-refractivity contribution < 1.29 is 13.9 Å². The van der Waals surface area contributed by atoms with Crippen molar-refractivity contribution in [3.63, 3.8) is 0 Å². The second-order valence-corrected chi connectivity index (χ2v) is 7.84. The summed E-state index contributed by atoms with van der Waals surface area (Å²) in [4.78, 5) is 17.1. The van der Waals surface area contributed by atoms with Crippen molar-refractivity contribution in [3.05, 3.63) is 77.1 Å². The number of halogens is 1. The number of anilines is 1. The molecule has 0 spiro atoms. The van der Waals surface area contributed by atoms with Crippen LogP contribution >= 0.6 is 11.3 Å². The SMILES string of the molecule is COc1ccc(CCC(=O)Nc2cc(C)nn2-c2nc(-c3ccc(F)cc3)cs2)cc1. The van der Waals surface area contributed by atoms with Crippen molar-refractivity contribution in [1.29, 1.82) is 0 Å². The minimum atomic E-state index is -0.290. The molecule has 158 valence electrons. The van der Waals surface area contributed by atoms with Gasteiger partial charge in [-0.3, -0.25) is 4.79 Å². The largest absolute Gasteiger partial charge is 0.497 e. The maximum atomic E-state index is 13.2. The lowest BCUT2D eigenvalue weighted by Gasteiger charge is -2.07. The first-order chi connectivity index (χ1) is 15.0. The van der Waals surface area contributed by atoms with Crippen LogP contribution in [0.1, 0.15) is 17.7 Å². The molecule has 1 amide bonds. The molecule has 2 aromatic heterocycles. The third-order valence-electron chi connectivity index (χ3n) is 4.71. The number of carbonyl (C=O) groups is 1. The molecule has 31 heavy (non-hydrogen) atoms. The third-order valence-corrected chi connectivity index (χ3v) is 5.53. The molecule has 0 atom stereocenters. The molecular formula is C23H21FN4O2S. The molecule has 0 radical (unpaired) electrons. The molecule has 0 aliphatic heterocycles. The molecule has 0 saturated heterocycles. The summed E-state index contributed by atoms with van der Waals surface area (Å²) in [7, 11) is 1.62. The fourth-order valence-electron chi connectivity index (χ4n) is 3.10. The number of hydrogen-bond acceptors (Lipinski definition) is 5. The molecule has 4 rings (SSSR count). The van der Waals surface area contributed by atoms with E-state index in [0.717, 1.165) is 28.3 Å². The van der Waals surface area contributed by atoms with Crippen LogP contribution in [0.5, 0.6) is 5.75 Å². The Kier molecular flexibility index (Phi) is 6.08. The number of ether oxygens (including phenoxy) is 1. The summed E-state index contributed by atoms with van der Waals surface area (Å²) in [5.74, 6) is 0.960. The second-order valence-electron chi connectivity index (χ2n) is 7.00. The van der Waals surface area contributed by atoms with E-state index in [1.54, 1.807) is 23.9 Å². The van der Waals surface area contributed by atoms with Crippen molar-refractivity contribution in [1.82, 2.24) is 14.8 Å². The number of hydrogen-bond donors (Lipinski definition) is 1. The lowest BCUT2D eigenvalue weighted by Crippen LogP contribution is -2.15. The van der Waals surface area contributed by atoms with Gasteiger partial charge in [0.05, 0.1) is 18.5 Å². The van der Waals surface area contributed by atoms with Crippen molar-refractivity contribution in [2.24, 2.45) is 0 Å². The predicted octanol–water partition coefficient (Wildman–Crippen LogP) is 5.02. The minimum absolute atomic E-state index is 0.104. The van der Waals surface area contributed by atoms with Gasteiger partial charge < -0.3 is 10.1 Å². The van der Waals surface area contributed by atoms with Crippen LogP contribution in [0.25, 0.3) is 16.4 Å². The number of carbonyl (C=O) groups excluding carboxylic acids is 1. The van der Waals surface area contributed by atoms with E-state index < -0.39 is 0 Å². The average molecular weight is 437 g/mol. The van der Waals surface area contributed by atoms with E-state index >= 15 is 0 Å². The van der Waals surface area contributed by atoms with Gasteiger partial charge in [-0.25, -0.2) is 9.37 Å². The van der Waals surface area contributed by atoms with Gasteiger partial charge in [0.2, 0.25) is 11.0 Å². The topological polar surface area (TPSA) is 69.0 Å². The highest BCUT2D eigenvalue weighted by molar-refractivity contribution is 7.12. The molecule has 2 heterocycles. The lowest BCUT2D eigenvalue weighted by atomic mass is 10.1. The number of rotatable bonds is 7. The number of methoxy groups -OCH3 is 1. The summed E-state index contributed by atoms with van der Waals surface area (Å²) in [6, 6.07) is 15.7. The Morgan fingerprint density at radius 2 is 1.90 bits per heavy atom. The van der Waals surface area contributed by atoms with E-state index in [9.17, 15) is 9.18 Å². The second kappa shape index (κ2) is 9.09. The maximum absolute atomic E-state index is 13.2. The Labute approximate surface area is 183 Å². The summed E-state index contributed by atoms with van der Waals surface area (Å²) in [5.41, 5.74) is 3.37.